The van der Waals surface area contributed by atoms with E-state index in [-0.39, 0.29) is 0 Å². The van der Waals surface area contributed by atoms with E-state index in [1.807, 2.05) is 24.3 Å². The van der Waals surface area contributed by atoms with Crippen LogP contribution in [0.2, 0.25) is 0 Å². The zero-order valence-electron chi connectivity index (χ0n) is 9.54. The molecular formula is C11H14N4O2. The van der Waals surface area contributed by atoms with Gasteiger partial charge < -0.3 is 15.2 Å². The second kappa shape index (κ2) is 5.20. The smallest absolute Gasteiger partial charge is 0.165 e. The molecule has 0 aliphatic heterocycles. The monoisotopic (exact) mass is 234 g/mol. The molecular weight excluding hydrogens is 220 g/mol. The zero-order valence-corrected chi connectivity index (χ0v) is 9.54. The van der Waals surface area contributed by atoms with Gasteiger partial charge in [0.25, 0.3) is 0 Å². The highest BCUT2D eigenvalue weighted by Crippen LogP contribution is 2.16. The minimum absolute atomic E-state index is 0.412. The van der Waals surface area contributed by atoms with Gasteiger partial charge in [-0.25, -0.2) is 4.68 Å². The van der Waals surface area contributed by atoms with E-state index in [1.54, 1.807) is 18.0 Å². The van der Waals surface area contributed by atoms with Crippen LogP contribution in [0.5, 0.6) is 11.5 Å². The third kappa shape index (κ3) is 3.10. The van der Waals surface area contributed by atoms with Crippen molar-refractivity contribution in [1.29, 1.82) is 0 Å². The van der Waals surface area contributed by atoms with Crippen LogP contribution >= 0.6 is 0 Å². The van der Waals surface area contributed by atoms with Crippen LogP contribution in [-0.2, 0) is 6.54 Å². The summed E-state index contributed by atoms with van der Waals surface area (Å²) in [5.74, 6) is 2.01. The lowest BCUT2D eigenvalue weighted by molar-refractivity contribution is 0.289. The van der Waals surface area contributed by atoms with E-state index in [0.717, 1.165) is 11.5 Å². The van der Waals surface area contributed by atoms with Gasteiger partial charge in [0.15, 0.2) is 5.82 Å². The Hall–Kier alpha value is -2.24. The predicted molar refractivity (Wildman–Crippen MR) is 62.9 cm³/mol. The minimum Gasteiger partial charge on any atom is -0.497 e. The lowest BCUT2D eigenvalue weighted by Gasteiger charge is -2.06. The molecule has 0 atom stereocenters. The number of nitrogen functional groups attached to an aromatic ring is 1. The Morgan fingerprint density at radius 1 is 1.24 bits per heavy atom. The number of nitrogens with two attached hydrogens (primary N) is 1. The molecule has 0 amide bonds. The molecule has 1 aromatic carbocycles. The molecule has 0 fully saturated rings. The first-order valence-corrected chi connectivity index (χ1v) is 5.20. The van der Waals surface area contributed by atoms with E-state index in [4.69, 9.17) is 15.2 Å². The van der Waals surface area contributed by atoms with E-state index in [9.17, 15) is 0 Å². The van der Waals surface area contributed by atoms with Crippen LogP contribution in [0.4, 0.5) is 5.82 Å². The molecule has 0 aliphatic rings. The van der Waals surface area contributed by atoms with E-state index in [2.05, 4.69) is 10.3 Å². The number of rotatable bonds is 5. The number of anilines is 1. The molecule has 2 N–H and O–H groups in total. The summed E-state index contributed by atoms with van der Waals surface area (Å²) in [5, 5.41) is 7.50. The van der Waals surface area contributed by atoms with Crippen molar-refractivity contribution in [3.05, 3.63) is 30.5 Å². The largest absolute Gasteiger partial charge is 0.497 e. The Balaban J connectivity index is 1.81. The summed E-state index contributed by atoms with van der Waals surface area (Å²) in [5.41, 5.74) is 5.44. The van der Waals surface area contributed by atoms with Gasteiger partial charge in [-0.1, -0.05) is 5.21 Å². The van der Waals surface area contributed by atoms with Crippen molar-refractivity contribution in [3.63, 3.8) is 0 Å². The van der Waals surface area contributed by atoms with Crippen LogP contribution in [-0.4, -0.2) is 28.7 Å². The maximum absolute atomic E-state index is 5.53. The molecule has 0 aliphatic carbocycles. The summed E-state index contributed by atoms with van der Waals surface area (Å²) in [6.07, 6.45) is 1.66. The highest BCUT2D eigenvalue weighted by molar-refractivity contribution is 5.31. The quantitative estimate of drug-likeness (QED) is 0.833. The summed E-state index contributed by atoms with van der Waals surface area (Å²) < 4.78 is 12.2. The predicted octanol–water partition coefficient (Wildman–Crippen LogP) is 0.948. The molecule has 2 rings (SSSR count). The zero-order chi connectivity index (χ0) is 12.1. The number of hydrogen-bond acceptors (Lipinski definition) is 5. The van der Waals surface area contributed by atoms with Gasteiger partial charge in [-0.2, -0.15) is 0 Å². The first kappa shape index (κ1) is 11.3. The summed E-state index contributed by atoms with van der Waals surface area (Å²) in [7, 11) is 1.63. The molecule has 1 heterocycles. The number of hydrogen-bond donors (Lipinski definition) is 1. The van der Waals surface area contributed by atoms with Gasteiger partial charge in [0.1, 0.15) is 18.1 Å². The second-order valence-corrected chi connectivity index (χ2v) is 3.43. The van der Waals surface area contributed by atoms with Crippen molar-refractivity contribution in [3.8, 4) is 11.5 Å². The van der Waals surface area contributed by atoms with Gasteiger partial charge >= 0.3 is 0 Å². The fraction of sp³-hybridized carbons (Fsp3) is 0.273. The standard InChI is InChI=1S/C11H14N4O2/c1-16-9-2-4-10(5-3-9)17-7-6-15-8-11(12)13-14-15/h2-5,8H,6-7,12H2,1H3. The Bertz CT molecular complexity index is 467. The summed E-state index contributed by atoms with van der Waals surface area (Å²) in [6.45, 7) is 1.12. The normalized spacial score (nSPS) is 10.2. The lowest BCUT2D eigenvalue weighted by atomic mass is 10.3. The molecule has 2 aromatic rings. The fourth-order valence-electron chi connectivity index (χ4n) is 1.35. The van der Waals surface area contributed by atoms with Crippen LogP contribution in [0.15, 0.2) is 30.5 Å². The van der Waals surface area contributed by atoms with Gasteiger partial charge in [-0.15, -0.1) is 5.10 Å². The fourth-order valence-corrected chi connectivity index (χ4v) is 1.35. The maximum Gasteiger partial charge on any atom is 0.165 e. The van der Waals surface area contributed by atoms with Crippen molar-refractivity contribution >= 4 is 5.82 Å². The van der Waals surface area contributed by atoms with E-state index < -0.39 is 0 Å². The number of aromatic nitrogens is 3. The molecule has 0 saturated heterocycles. The van der Waals surface area contributed by atoms with E-state index in [0.29, 0.717) is 19.0 Å². The van der Waals surface area contributed by atoms with Crippen LogP contribution < -0.4 is 15.2 Å². The molecule has 0 unspecified atom stereocenters. The average molecular weight is 234 g/mol. The molecule has 0 spiro atoms. The van der Waals surface area contributed by atoms with Crippen molar-refractivity contribution in [2.45, 2.75) is 6.54 Å². The van der Waals surface area contributed by atoms with Gasteiger partial charge in [0.2, 0.25) is 0 Å². The molecule has 1 aromatic heterocycles. The highest BCUT2D eigenvalue weighted by atomic mass is 16.5. The summed E-state index contributed by atoms with van der Waals surface area (Å²) in [4.78, 5) is 0. The topological polar surface area (TPSA) is 75.2 Å². The summed E-state index contributed by atoms with van der Waals surface area (Å²) in [6, 6.07) is 7.41. The average Bonchev–Trinajstić information content (AvgIpc) is 2.76. The Morgan fingerprint density at radius 3 is 2.53 bits per heavy atom. The number of nitrogens with zero attached hydrogens (tertiary/aromatic N) is 3. The SMILES string of the molecule is COc1ccc(OCCn2cc(N)nn2)cc1. The highest BCUT2D eigenvalue weighted by Gasteiger charge is 1.98. The number of methoxy groups -OCH3 is 1. The molecule has 0 saturated carbocycles. The Labute approximate surface area is 98.9 Å². The minimum atomic E-state index is 0.412. The van der Waals surface area contributed by atoms with E-state index >= 15 is 0 Å². The number of benzene rings is 1. The molecule has 90 valence electrons. The Morgan fingerprint density at radius 2 is 1.94 bits per heavy atom. The molecule has 0 radical (unpaired) electrons. The first-order chi connectivity index (χ1) is 8.28. The third-order valence-corrected chi connectivity index (χ3v) is 2.20. The molecule has 6 nitrogen and oxygen atoms in total. The van der Waals surface area contributed by atoms with Crippen LogP contribution in [0.25, 0.3) is 0 Å². The molecule has 17 heavy (non-hydrogen) atoms. The van der Waals surface area contributed by atoms with Gasteiger partial charge in [0, 0.05) is 0 Å². The van der Waals surface area contributed by atoms with Crippen molar-refractivity contribution < 1.29 is 9.47 Å². The van der Waals surface area contributed by atoms with Gasteiger partial charge in [0.05, 0.1) is 19.9 Å². The summed E-state index contributed by atoms with van der Waals surface area (Å²) >= 11 is 0. The first-order valence-electron chi connectivity index (χ1n) is 5.20. The van der Waals surface area contributed by atoms with Gasteiger partial charge in [-0.3, -0.25) is 0 Å². The van der Waals surface area contributed by atoms with Crippen LogP contribution in [0.3, 0.4) is 0 Å². The third-order valence-electron chi connectivity index (χ3n) is 2.20. The van der Waals surface area contributed by atoms with Crippen molar-refractivity contribution in [1.82, 2.24) is 15.0 Å². The number of ether oxygens (including phenoxy) is 2. The van der Waals surface area contributed by atoms with Crippen LogP contribution in [0.1, 0.15) is 0 Å². The second-order valence-electron chi connectivity index (χ2n) is 3.43. The maximum atomic E-state index is 5.53. The van der Waals surface area contributed by atoms with E-state index in [1.165, 1.54) is 0 Å². The van der Waals surface area contributed by atoms with Crippen molar-refractivity contribution in [2.24, 2.45) is 0 Å². The Kier molecular flexibility index (Phi) is 3.44. The molecule has 0 bridgehead atoms. The van der Waals surface area contributed by atoms with Crippen molar-refractivity contribution in [2.75, 3.05) is 19.5 Å². The van der Waals surface area contributed by atoms with Crippen LogP contribution in [0, 0.1) is 0 Å². The van der Waals surface area contributed by atoms with Gasteiger partial charge in [-0.05, 0) is 24.3 Å². The molecule has 6 heteroatoms. The lowest BCUT2D eigenvalue weighted by Crippen LogP contribution is -2.08.